The first kappa shape index (κ1) is 9.26. The molecular weight excluding hydrogens is 182 g/mol. The van der Waals surface area contributed by atoms with Crippen molar-refractivity contribution in [3.8, 4) is 0 Å². The van der Waals surface area contributed by atoms with Crippen molar-refractivity contribution in [2.24, 2.45) is 18.2 Å². The summed E-state index contributed by atoms with van der Waals surface area (Å²) >= 11 is 0. The summed E-state index contributed by atoms with van der Waals surface area (Å²) in [6.07, 6.45) is 2.07. The van der Waals surface area contributed by atoms with Crippen molar-refractivity contribution in [2.45, 2.75) is 19.3 Å². The van der Waals surface area contributed by atoms with E-state index in [9.17, 15) is 4.79 Å². The van der Waals surface area contributed by atoms with Gasteiger partial charge in [0.25, 0.3) is 0 Å². The fraction of sp³-hybridized carbons (Fsp3) is 0.750. The van der Waals surface area contributed by atoms with Crippen molar-refractivity contribution in [3.05, 3.63) is 5.82 Å². The molecule has 0 amide bonds. The molecule has 0 unspecified atom stereocenters. The molecule has 0 saturated heterocycles. The Bertz CT molecular complexity index is 354. The molecule has 0 atom stereocenters. The van der Waals surface area contributed by atoms with Gasteiger partial charge in [-0.2, -0.15) is 4.80 Å². The minimum Gasteiger partial charge on any atom is -0.329 e. The summed E-state index contributed by atoms with van der Waals surface area (Å²) in [5.74, 6) is 0.630. The van der Waals surface area contributed by atoms with Crippen LogP contribution < -0.4 is 5.73 Å². The van der Waals surface area contributed by atoms with Crippen LogP contribution in [0.1, 0.15) is 18.7 Å². The second-order valence-electron chi connectivity index (χ2n) is 3.78. The van der Waals surface area contributed by atoms with Crippen molar-refractivity contribution >= 4 is 5.78 Å². The molecule has 1 aromatic heterocycles. The summed E-state index contributed by atoms with van der Waals surface area (Å²) in [6.45, 7) is 0.437. The van der Waals surface area contributed by atoms with Gasteiger partial charge in [-0.1, -0.05) is 0 Å². The molecule has 6 heteroatoms. The minimum absolute atomic E-state index is 0.146. The van der Waals surface area contributed by atoms with E-state index in [1.807, 2.05) is 0 Å². The summed E-state index contributed by atoms with van der Waals surface area (Å²) in [5.41, 5.74) is 5.28. The molecule has 1 fully saturated rings. The van der Waals surface area contributed by atoms with E-state index < -0.39 is 0 Å². The molecule has 0 radical (unpaired) electrons. The molecule has 1 saturated carbocycles. The number of hydrogen-bond donors (Lipinski definition) is 1. The number of aryl methyl sites for hydroxylation is 1. The molecule has 6 nitrogen and oxygen atoms in total. The van der Waals surface area contributed by atoms with Crippen LogP contribution in [-0.4, -0.2) is 32.5 Å². The van der Waals surface area contributed by atoms with Crippen molar-refractivity contribution < 1.29 is 4.79 Å². The number of nitrogens with zero attached hydrogens (tertiary/aromatic N) is 4. The van der Waals surface area contributed by atoms with Crippen LogP contribution in [-0.2, 0) is 18.3 Å². The number of hydrogen-bond acceptors (Lipinski definition) is 5. The first-order chi connectivity index (χ1) is 6.66. The monoisotopic (exact) mass is 195 g/mol. The highest BCUT2D eigenvalue weighted by atomic mass is 16.1. The Morgan fingerprint density at radius 2 is 2.36 bits per heavy atom. The number of carbonyl (C=O) groups excluding carboxylic acids is 1. The number of aromatic nitrogens is 4. The van der Waals surface area contributed by atoms with Gasteiger partial charge in [-0.25, -0.2) is 0 Å². The summed E-state index contributed by atoms with van der Waals surface area (Å²) < 4.78 is 0. The maximum Gasteiger partial charge on any atom is 0.182 e. The predicted octanol–water partition coefficient (Wildman–Crippen LogP) is -0.939. The zero-order valence-corrected chi connectivity index (χ0v) is 8.10. The van der Waals surface area contributed by atoms with Crippen LogP contribution in [0.2, 0.25) is 0 Å². The maximum atomic E-state index is 11.7. The number of tetrazole rings is 1. The van der Waals surface area contributed by atoms with Crippen LogP contribution in [0.4, 0.5) is 0 Å². The molecule has 0 aromatic carbocycles. The fourth-order valence-corrected chi connectivity index (χ4v) is 1.47. The Labute approximate surface area is 81.5 Å². The van der Waals surface area contributed by atoms with Crippen LogP contribution in [0.25, 0.3) is 0 Å². The van der Waals surface area contributed by atoms with Crippen LogP contribution in [0.5, 0.6) is 0 Å². The van der Waals surface area contributed by atoms with Crippen molar-refractivity contribution in [2.75, 3.05) is 6.54 Å². The van der Waals surface area contributed by atoms with Crippen LogP contribution in [0.15, 0.2) is 0 Å². The number of carbonyl (C=O) groups is 1. The third-order valence-corrected chi connectivity index (χ3v) is 2.70. The van der Waals surface area contributed by atoms with Crippen molar-refractivity contribution in [1.82, 2.24) is 20.2 Å². The highest BCUT2D eigenvalue weighted by Crippen LogP contribution is 2.45. The number of nitrogens with two attached hydrogens (primary N) is 1. The van der Waals surface area contributed by atoms with Gasteiger partial charge in [0.05, 0.1) is 13.5 Å². The lowest BCUT2D eigenvalue weighted by Crippen LogP contribution is -2.27. The van der Waals surface area contributed by atoms with E-state index in [1.165, 1.54) is 4.80 Å². The van der Waals surface area contributed by atoms with Gasteiger partial charge in [0.15, 0.2) is 5.82 Å². The van der Waals surface area contributed by atoms with Gasteiger partial charge in [-0.3, -0.25) is 4.79 Å². The molecule has 1 aromatic rings. The first-order valence-corrected chi connectivity index (χ1v) is 4.62. The lowest BCUT2D eigenvalue weighted by atomic mass is 9.99. The number of Topliss-reactive ketones (excluding diaryl/α,β-unsaturated/α-hetero) is 1. The third-order valence-electron chi connectivity index (χ3n) is 2.70. The van der Waals surface area contributed by atoms with Gasteiger partial charge >= 0.3 is 0 Å². The summed E-state index contributed by atoms with van der Waals surface area (Å²) in [5, 5.41) is 11.4. The second-order valence-corrected chi connectivity index (χ2v) is 3.78. The Hall–Kier alpha value is -1.30. The van der Waals surface area contributed by atoms with E-state index in [0.29, 0.717) is 12.4 Å². The largest absolute Gasteiger partial charge is 0.329 e. The zero-order chi connectivity index (χ0) is 10.2. The first-order valence-electron chi connectivity index (χ1n) is 4.62. The number of ketones is 1. The van der Waals surface area contributed by atoms with Crippen LogP contribution >= 0.6 is 0 Å². The van der Waals surface area contributed by atoms with Gasteiger partial charge in [0.2, 0.25) is 0 Å². The summed E-state index contributed by atoms with van der Waals surface area (Å²) in [6, 6.07) is 0. The highest BCUT2D eigenvalue weighted by Gasteiger charge is 2.48. The Balaban J connectivity index is 2.01. The van der Waals surface area contributed by atoms with E-state index >= 15 is 0 Å². The molecular formula is C8H13N5O. The molecule has 0 spiro atoms. The standard InChI is InChI=1S/C8H13N5O/c1-13-11-7(10-12-13)4-6(14)8(5-9)2-3-8/h2-5,9H2,1H3. The highest BCUT2D eigenvalue weighted by molar-refractivity contribution is 5.88. The second kappa shape index (κ2) is 3.13. The Kier molecular flexibility index (Phi) is 2.07. The summed E-state index contributed by atoms with van der Waals surface area (Å²) in [7, 11) is 1.68. The molecule has 2 N–H and O–H groups in total. The molecule has 2 rings (SSSR count). The van der Waals surface area contributed by atoms with Crippen LogP contribution in [0.3, 0.4) is 0 Å². The van der Waals surface area contributed by atoms with E-state index in [0.717, 1.165) is 12.8 Å². The van der Waals surface area contributed by atoms with E-state index in [-0.39, 0.29) is 17.6 Å². The normalized spacial score (nSPS) is 18.1. The lowest BCUT2D eigenvalue weighted by molar-refractivity contribution is -0.123. The smallest absolute Gasteiger partial charge is 0.182 e. The van der Waals surface area contributed by atoms with E-state index in [4.69, 9.17) is 5.73 Å². The molecule has 1 aliphatic rings. The van der Waals surface area contributed by atoms with Gasteiger partial charge in [0, 0.05) is 12.0 Å². The maximum absolute atomic E-state index is 11.7. The molecule has 0 bridgehead atoms. The zero-order valence-electron chi connectivity index (χ0n) is 8.10. The van der Waals surface area contributed by atoms with Crippen molar-refractivity contribution in [3.63, 3.8) is 0 Å². The van der Waals surface area contributed by atoms with E-state index in [2.05, 4.69) is 15.4 Å². The average molecular weight is 195 g/mol. The molecule has 14 heavy (non-hydrogen) atoms. The quantitative estimate of drug-likeness (QED) is 0.670. The van der Waals surface area contributed by atoms with Gasteiger partial charge < -0.3 is 5.73 Å². The van der Waals surface area contributed by atoms with E-state index in [1.54, 1.807) is 7.05 Å². The van der Waals surface area contributed by atoms with Crippen molar-refractivity contribution in [1.29, 1.82) is 0 Å². The average Bonchev–Trinajstić information content (AvgIpc) is 2.87. The Morgan fingerprint density at radius 3 is 2.79 bits per heavy atom. The third kappa shape index (κ3) is 1.52. The summed E-state index contributed by atoms with van der Waals surface area (Å²) in [4.78, 5) is 13.1. The topological polar surface area (TPSA) is 86.7 Å². The number of rotatable bonds is 4. The van der Waals surface area contributed by atoms with Crippen LogP contribution in [0, 0.1) is 5.41 Å². The van der Waals surface area contributed by atoms with Gasteiger partial charge in [0.1, 0.15) is 5.78 Å². The van der Waals surface area contributed by atoms with Gasteiger partial charge in [-0.05, 0) is 18.1 Å². The lowest BCUT2D eigenvalue weighted by Gasteiger charge is -2.07. The fourth-order valence-electron chi connectivity index (χ4n) is 1.47. The SMILES string of the molecule is Cn1nnc(CC(=O)C2(CN)CC2)n1. The molecule has 0 aliphatic heterocycles. The Morgan fingerprint density at radius 1 is 1.64 bits per heavy atom. The van der Waals surface area contributed by atoms with Gasteiger partial charge in [-0.15, -0.1) is 10.2 Å². The molecule has 1 aliphatic carbocycles. The molecule has 1 heterocycles. The minimum atomic E-state index is -0.265. The molecule has 76 valence electrons. The predicted molar refractivity (Wildman–Crippen MR) is 48.2 cm³/mol.